The van der Waals surface area contributed by atoms with Crippen molar-refractivity contribution in [1.29, 1.82) is 0 Å². The van der Waals surface area contributed by atoms with Crippen LogP contribution < -0.4 is 10.0 Å². The monoisotopic (exact) mass is 424 g/mol. The van der Waals surface area contributed by atoms with Crippen LogP contribution in [0.25, 0.3) is 0 Å². The van der Waals surface area contributed by atoms with Crippen LogP contribution in [0.2, 0.25) is 0 Å². The number of aryl methyl sites for hydroxylation is 2. The predicted octanol–water partition coefficient (Wildman–Crippen LogP) is 2.45. The van der Waals surface area contributed by atoms with Gasteiger partial charge in [0.25, 0.3) is 5.91 Å². The minimum atomic E-state index is -3.84. The van der Waals surface area contributed by atoms with Gasteiger partial charge in [-0.2, -0.15) is 4.72 Å². The molecule has 162 valence electrons. The number of nitrogens with one attached hydrogen (secondary N) is 2. The van der Waals surface area contributed by atoms with Crippen molar-refractivity contribution in [1.82, 2.24) is 10.0 Å². The Morgan fingerprint density at radius 1 is 1.17 bits per heavy atom. The van der Waals surface area contributed by atoms with Crippen LogP contribution >= 0.6 is 0 Å². The summed E-state index contributed by atoms with van der Waals surface area (Å²) in [5.74, 6) is -0.265. The zero-order valence-electron chi connectivity index (χ0n) is 17.8. The summed E-state index contributed by atoms with van der Waals surface area (Å²) >= 11 is 0. The summed E-state index contributed by atoms with van der Waals surface area (Å²) in [7, 11) is -3.84. The standard InChI is InChI=1S/C21H32N2O5S/c1-13-9-10-18(11-15(13)3)29(26,27)22-12-20(24)28-17(5)21(25)23-19-8-6-7-14(2)16(19)4/h9-11,14,16-17,19,22H,6-8,12H2,1-5H3,(H,23,25)/t14-,16+,17+,19-/m1/s1. The molecule has 1 aliphatic rings. The Bertz CT molecular complexity index is 853. The zero-order valence-corrected chi connectivity index (χ0v) is 18.6. The highest BCUT2D eigenvalue weighted by atomic mass is 32.2. The highest BCUT2D eigenvalue weighted by Gasteiger charge is 2.30. The number of benzene rings is 1. The van der Waals surface area contributed by atoms with Crippen molar-refractivity contribution in [2.45, 2.75) is 70.9 Å². The van der Waals surface area contributed by atoms with E-state index >= 15 is 0 Å². The Hall–Kier alpha value is -1.93. The van der Waals surface area contributed by atoms with E-state index in [1.807, 2.05) is 13.8 Å². The van der Waals surface area contributed by atoms with Crippen LogP contribution in [0.4, 0.5) is 0 Å². The molecule has 7 nitrogen and oxygen atoms in total. The highest BCUT2D eigenvalue weighted by molar-refractivity contribution is 7.89. The molecule has 0 aromatic heterocycles. The normalized spacial score (nSPS) is 23.3. The first kappa shape index (κ1) is 23.3. The van der Waals surface area contributed by atoms with Crippen LogP contribution in [-0.2, 0) is 24.3 Å². The number of carbonyl (C=O) groups excluding carboxylic acids is 2. The minimum Gasteiger partial charge on any atom is -0.452 e. The first-order chi connectivity index (χ1) is 13.5. The second kappa shape index (κ2) is 9.71. The average Bonchev–Trinajstić information content (AvgIpc) is 2.66. The van der Waals surface area contributed by atoms with E-state index in [9.17, 15) is 18.0 Å². The van der Waals surface area contributed by atoms with Gasteiger partial charge in [-0.3, -0.25) is 9.59 Å². The van der Waals surface area contributed by atoms with Crippen LogP contribution in [0, 0.1) is 25.7 Å². The fraction of sp³-hybridized carbons (Fsp3) is 0.619. The molecule has 8 heteroatoms. The van der Waals surface area contributed by atoms with E-state index in [4.69, 9.17) is 4.74 Å². The number of amides is 1. The van der Waals surface area contributed by atoms with Gasteiger partial charge in [-0.25, -0.2) is 8.42 Å². The fourth-order valence-corrected chi connectivity index (χ4v) is 4.55. The molecule has 4 atom stereocenters. The average molecular weight is 425 g/mol. The summed E-state index contributed by atoms with van der Waals surface area (Å²) in [6, 6.07) is 4.81. The number of hydrogen-bond acceptors (Lipinski definition) is 5. The first-order valence-electron chi connectivity index (χ1n) is 10.1. The van der Waals surface area contributed by atoms with Gasteiger partial charge in [0.2, 0.25) is 10.0 Å². The Morgan fingerprint density at radius 2 is 1.86 bits per heavy atom. The van der Waals surface area contributed by atoms with Crippen molar-refractivity contribution in [2.24, 2.45) is 11.8 Å². The number of sulfonamides is 1. The van der Waals surface area contributed by atoms with E-state index < -0.39 is 28.6 Å². The molecule has 0 spiro atoms. The maximum Gasteiger partial charge on any atom is 0.321 e. The topological polar surface area (TPSA) is 102 Å². The van der Waals surface area contributed by atoms with Gasteiger partial charge in [0.1, 0.15) is 6.54 Å². The molecule has 0 heterocycles. The Balaban J connectivity index is 1.86. The molecular weight excluding hydrogens is 392 g/mol. The van der Waals surface area contributed by atoms with E-state index in [2.05, 4.69) is 23.9 Å². The maximum atomic E-state index is 12.4. The third-order valence-electron chi connectivity index (χ3n) is 5.91. The molecule has 0 unspecified atom stereocenters. The van der Waals surface area contributed by atoms with Gasteiger partial charge in [-0.05, 0) is 62.3 Å². The number of hydrogen-bond donors (Lipinski definition) is 2. The minimum absolute atomic E-state index is 0.0654. The second-order valence-corrected chi connectivity index (χ2v) is 9.85. The summed E-state index contributed by atoms with van der Waals surface area (Å²) < 4.78 is 32.0. The molecular formula is C21H32N2O5S. The number of ether oxygens (including phenoxy) is 1. The zero-order chi connectivity index (χ0) is 21.8. The lowest BCUT2D eigenvalue weighted by Crippen LogP contribution is -2.48. The molecule has 1 fully saturated rings. The Morgan fingerprint density at radius 3 is 2.52 bits per heavy atom. The van der Waals surface area contributed by atoms with Gasteiger partial charge in [-0.1, -0.05) is 32.8 Å². The molecule has 1 aromatic carbocycles. The van der Waals surface area contributed by atoms with Crippen LogP contribution in [0.1, 0.15) is 51.2 Å². The molecule has 2 rings (SSSR count). The van der Waals surface area contributed by atoms with Crippen LogP contribution in [0.15, 0.2) is 23.1 Å². The fourth-order valence-electron chi connectivity index (χ4n) is 3.50. The van der Waals surface area contributed by atoms with Gasteiger partial charge >= 0.3 is 5.97 Å². The summed E-state index contributed by atoms with van der Waals surface area (Å²) in [6.07, 6.45) is 2.13. The smallest absolute Gasteiger partial charge is 0.321 e. The van der Waals surface area contributed by atoms with Crippen molar-refractivity contribution in [3.63, 3.8) is 0 Å². The lowest BCUT2D eigenvalue weighted by Gasteiger charge is -2.35. The summed E-state index contributed by atoms with van der Waals surface area (Å²) in [4.78, 5) is 24.5. The molecule has 0 aliphatic heterocycles. The molecule has 2 N–H and O–H groups in total. The van der Waals surface area contributed by atoms with Gasteiger partial charge in [0.15, 0.2) is 6.10 Å². The lowest BCUT2D eigenvalue weighted by molar-refractivity contribution is -0.154. The number of rotatable bonds is 7. The van der Waals surface area contributed by atoms with Crippen molar-refractivity contribution in [2.75, 3.05) is 6.54 Å². The number of carbonyl (C=O) groups is 2. The van der Waals surface area contributed by atoms with Crippen molar-refractivity contribution >= 4 is 21.9 Å². The second-order valence-electron chi connectivity index (χ2n) is 8.09. The van der Waals surface area contributed by atoms with Crippen molar-refractivity contribution < 1.29 is 22.7 Å². The third kappa shape index (κ3) is 6.27. The van der Waals surface area contributed by atoms with E-state index in [0.717, 1.165) is 30.4 Å². The van der Waals surface area contributed by atoms with E-state index in [0.29, 0.717) is 11.8 Å². The largest absolute Gasteiger partial charge is 0.452 e. The first-order valence-corrected chi connectivity index (χ1v) is 11.6. The Kier molecular flexibility index (Phi) is 7.82. The van der Waals surface area contributed by atoms with E-state index in [1.54, 1.807) is 12.1 Å². The maximum absolute atomic E-state index is 12.4. The van der Waals surface area contributed by atoms with Gasteiger partial charge < -0.3 is 10.1 Å². The summed E-state index contributed by atoms with van der Waals surface area (Å²) in [5.41, 5.74) is 1.82. The molecule has 1 aliphatic carbocycles. The predicted molar refractivity (Wildman–Crippen MR) is 111 cm³/mol. The quantitative estimate of drug-likeness (QED) is 0.655. The van der Waals surface area contributed by atoms with Crippen LogP contribution in [0.5, 0.6) is 0 Å². The lowest BCUT2D eigenvalue weighted by atomic mass is 9.78. The highest BCUT2D eigenvalue weighted by Crippen LogP contribution is 2.29. The van der Waals surface area contributed by atoms with E-state index in [1.165, 1.54) is 13.0 Å². The van der Waals surface area contributed by atoms with Crippen LogP contribution in [0.3, 0.4) is 0 Å². The third-order valence-corrected chi connectivity index (χ3v) is 7.31. The molecule has 0 bridgehead atoms. The molecule has 1 saturated carbocycles. The SMILES string of the molecule is Cc1ccc(S(=O)(=O)NCC(=O)O[C@@H](C)C(=O)N[C@@H]2CCC[C@@H](C)[C@@H]2C)cc1C. The molecule has 0 radical (unpaired) electrons. The van der Waals surface area contributed by atoms with Crippen LogP contribution in [-0.4, -0.2) is 39.0 Å². The van der Waals surface area contributed by atoms with Gasteiger partial charge in [-0.15, -0.1) is 0 Å². The van der Waals surface area contributed by atoms with Gasteiger partial charge in [0.05, 0.1) is 4.90 Å². The van der Waals surface area contributed by atoms with Gasteiger partial charge in [0, 0.05) is 6.04 Å². The molecule has 1 aromatic rings. The molecule has 1 amide bonds. The van der Waals surface area contributed by atoms with Crippen molar-refractivity contribution in [3.8, 4) is 0 Å². The van der Waals surface area contributed by atoms with Crippen molar-refractivity contribution in [3.05, 3.63) is 29.3 Å². The Labute approximate surface area is 173 Å². The van der Waals surface area contributed by atoms with E-state index in [-0.39, 0.29) is 16.8 Å². The molecule has 29 heavy (non-hydrogen) atoms. The molecule has 0 saturated heterocycles. The summed E-state index contributed by atoms with van der Waals surface area (Å²) in [6.45, 7) is 8.95. The summed E-state index contributed by atoms with van der Waals surface area (Å²) in [5, 5.41) is 2.96. The number of esters is 1.